The Hall–Kier alpha value is -0.380. The maximum atomic E-state index is 3.75. The molecule has 0 radical (unpaired) electrons. The van der Waals surface area contributed by atoms with Crippen LogP contribution in [0.5, 0.6) is 0 Å². The number of likely N-dealkylation sites (tertiary alicyclic amines) is 1. The molecule has 1 aromatic carbocycles. The molecule has 3 heteroatoms. The summed E-state index contributed by atoms with van der Waals surface area (Å²) in [6.45, 7) is 7.82. The molecule has 2 rings (SSSR count). The van der Waals surface area contributed by atoms with Crippen molar-refractivity contribution >= 4 is 15.9 Å². The minimum absolute atomic E-state index is 0.541. The Labute approximate surface area is 125 Å². The van der Waals surface area contributed by atoms with Crippen molar-refractivity contribution in [2.45, 2.75) is 32.7 Å². The van der Waals surface area contributed by atoms with Crippen molar-refractivity contribution in [2.75, 3.05) is 26.7 Å². The quantitative estimate of drug-likeness (QED) is 0.830. The first-order valence-corrected chi connectivity index (χ1v) is 8.09. The normalized spacial score (nSPS) is 24.0. The van der Waals surface area contributed by atoms with E-state index in [1.165, 1.54) is 35.0 Å². The summed E-state index contributed by atoms with van der Waals surface area (Å²) in [7, 11) is 2.25. The summed E-state index contributed by atoms with van der Waals surface area (Å²) in [6, 6.07) is 7.29. The molecule has 1 fully saturated rings. The van der Waals surface area contributed by atoms with E-state index in [-0.39, 0.29) is 0 Å². The van der Waals surface area contributed by atoms with Crippen molar-refractivity contribution in [3.8, 4) is 0 Å². The number of benzene rings is 1. The Bertz CT molecular complexity index is 419. The van der Waals surface area contributed by atoms with Crippen molar-refractivity contribution in [1.29, 1.82) is 0 Å². The topological polar surface area (TPSA) is 15.3 Å². The maximum Gasteiger partial charge on any atom is 0.0397 e. The summed E-state index contributed by atoms with van der Waals surface area (Å²) in [5.74, 6) is 0.718. The number of hydrogen-bond acceptors (Lipinski definition) is 2. The van der Waals surface area contributed by atoms with E-state index >= 15 is 0 Å². The van der Waals surface area contributed by atoms with Crippen molar-refractivity contribution < 1.29 is 0 Å². The van der Waals surface area contributed by atoms with Crippen molar-refractivity contribution in [3.63, 3.8) is 0 Å². The van der Waals surface area contributed by atoms with Gasteiger partial charge in [-0.25, -0.2) is 0 Å². The molecule has 1 saturated heterocycles. The molecule has 1 aliphatic rings. The highest BCUT2D eigenvalue weighted by atomic mass is 79.9. The van der Waals surface area contributed by atoms with Crippen LogP contribution in [-0.4, -0.2) is 31.6 Å². The summed E-state index contributed by atoms with van der Waals surface area (Å²) in [5.41, 5.74) is 2.76. The lowest BCUT2D eigenvalue weighted by atomic mass is 9.93. The van der Waals surface area contributed by atoms with Crippen LogP contribution in [0.3, 0.4) is 0 Å². The number of nitrogens with one attached hydrogen (secondary N) is 1. The molecule has 0 bridgehead atoms. The first-order chi connectivity index (χ1) is 9.13. The van der Waals surface area contributed by atoms with E-state index in [9.17, 15) is 0 Å². The lowest BCUT2D eigenvalue weighted by Gasteiger charge is -2.27. The lowest BCUT2D eigenvalue weighted by Crippen LogP contribution is -2.29. The van der Waals surface area contributed by atoms with Gasteiger partial charge in [0.25, 0.3) is 0 Å². The van der Waals surface area contributed by atoms with E-state index in [1.54, 1.807) is 0 Å². The van der Waals surface area contributed by atoms with Gasteiger partial charge in [-0.2, -0.15) is 0 Å². The predicted molar refractivity (Wildman–Crippen MR) is 85.5 cm³/mol. The monoisotopic (exact) mass is 324 g/mol. The summed E-state index contributed by atoms with van der Waals surface area (Å²) >= 11 is 3.75. The number of halogens is 1. The Kier molecular flexibility index (Phi) is 5.43. The molecule has 0 spiro atoms. The van der Waals surface area contributed by atoms with Gasteiger partial charge in [-0.1, -0.05) is 35.0 Å². The highest BCUT2D eigenvalue weighted by Crippen LogP contribution is 2.39. The SMILES string of the molecule is CCCNCC1CCN(C)C1c1ccc(C)cc1Br. The smallest absolute Gasteiger partial charge is 0.0397 e. The van der Waals surface area contributed by atoms with E-state index < -0.39 is 0 Å². The van der Waals surface area contributed by atoms with Gasteiger partial charge in [-0.05, 0) is 69.6 Å². The first-order valence-electron chi connectivity index (χ1n) is 7.30. The zero-order valence-corrected chi connectivity index (χ0v) is 13.8. The van der Waals surface area contributed by atoms with E-state index in [1.807, 2.05) is 0 Å². The number of rotatable bonds is 5. The number of aryl methyl sites for hydroxylation is 1. The number of nitrogens with zero attached hydrogens (tertiary/aromatic N) is 1. The second-order valence-electron chi connectivity index (χ2n) is 5.70. The highest BCUT2D eigenvalue weighted by Gasteiger charge is 2.33. The van der Waals surface area contributed by atoms with Crippen LogP contribution in [-0.2, 0) is 0 Å². The van der Waals surface area contributed by atoms with Crippen LogP contribution < -0.4 is 5.32 Å². The van der Waals surface area contributed by atoms with E-state index in [4.69, 9.17) is 0 Å². The molecule has 0 amide bonds. The molecule has 2 unspecified atom stereocenters. The van der Waals surface area contributed by atoms with E-state index in [2.05, 4.69) is 65.2 Å². The standard InChI is InChI=1S/C16H25BrN2/c1-4-8-18-11-13-7-9-19(3)16(13)14-6-5-12(2)10-15(14)17/h5-6,10,13,16,18H,4,7-9,11H2,1-3H3. The summed E-state index contributed by atoms with van der Waals surface area (Å²) < 4.78 is 1.26. The molecule has 1 N–H and O–H groups in total. The van der Waals surface area contributed by atoms with Gasteiger partial charge in [-0.3, -0.25) is 4.90 Å². The number of hydrogen-bond donors (Lipinski definition) is 1. The Morgan fingerprint density at radius 1 is 1.42 bits per heavy atom. The predicted octanol–water partition coefficient (Wildman–Crippen LogP) is 3.75. The molecular formula is C16H25BrN2. The highest BCUT2D eigenvalue weighted by molar-refractivity contribution is 9.10. The molecule has 0 aliphatic carbocycles. The molecule has 1 heterocycles. The Morgan fingerprint density at radius 3 is 2.89 bits per heavy atom. The van der Waals surface area contributed by atoms with E-state index in [0.29, 0.717) is 6.04 Å². The van der Waals surface area contributed by atoms with Gasteiger partial charge >= 0.3 is 0 Å². The molecule has 106 valence electrons. The molecule has 0 aromatic heterocycles. The van der Waals surface area contributed by atoms with Crippen molar-refractivity contribution in [1.82, 2.24) is 10.2 Å². The van der Waals surface area contributed by atoms with Crippen LogP contribution in [0.1, 0.15) is 36.9 Å². The third-order valence-corrected chi connectivity index (χ3v) is 4.77. The molecule has 1 aliphatic heterocycles. The van der Waals surface area contributed by atoms with Gasteiger partial charge < -0.3 is 5.32 Å². The lowest BCUT2D eigenvalue weighted by molar-refractivity contribution is 0.271. The second-order valence-corrected chi connectivity index (χ2v) is 6.56. The average Bonchev–Trinajstić information content (AvgIpc) is 2.72. The third-order valence-electron chi connectivity index (χ3n) is 4.08. The third kappa shape index (κ3) is 3.59. The second kappa shape index (κ2) is 6.87. The van der Waals surface area contributed by atoms with Crippen molar-refractivity contribution in [2.24, 2.45) is 5.92 Å². The molecule has 2 nitrogen and oxygen atoms in total. The molecule has 19 heavy (non-hydrogen) atoms. The molecule has 2 atom stereocenters. The zero-order chi connectivity index (χ0) is 13.8. The summed E-state index contributed by atoms with van der Waals surface area (Å²) in [6.07, 6.45) is 2.50. The van der Waals surface area contributed by atoms with Crippen LogP contribution in [0, 0.1) is 12.8 Å². The summed E-state index contributed by atoms with van der Waals surface area (Å²) in [4.78, 5) is 2.49. The summed E-state index contributed by atoms with van der Waals surface area (Å²) in [5, 5.41) is 3.59. The minimum atomic E-state index is 0.541. The molecule has 0 saturated carbocycles. The Morgan fingerprint density at radius 2 is 2.21 bits per heavy atom. The van der Waals surface area contributed by atoms with Crippen LogP contribution in [0.25, 0.3) is 0 Å². The van der Waals surface area contributed by atoms with Crippen LogP contribution in [0.2, 0.25) is 0 Å². The maximum absolute atomic E-state index is 3.75. The first kappa shape index (κ1) is 15.0. The van der Waals surface area contributed by atoms with Crippen molar-refractivity contribution in [3.05, 3.63) is 33.8 Å². The minimum Gasteiger partial charge on any atom is -0.316 e. The fourth-order valence-corrected chi connectivity index (χ4v) is 3.80. The molecule has 1 aromatic rings. The largest absolute Gasteiger partial charge is 0.316 e. The van der Waals surface area contributed by atoms with Gasteiger partial charge in [-0.15, -0.1) is 0 Å². The van der Waals surface area contributed by atoms with Gasteiger partial charge in [0.2, 0.25) is 0 Å². The Balaban J connectivity index is 2.14. The van der Waals surface area contributed by atoms with Crippen LogP contribution in [0.4, 0.5) is 0 Å². The van der Waals surface area contributed by atoms with E-state index in [0.717, 1.165) is 19.0 Å². The van der Waals surface area contributed by atoms with Crippen LogP contribution >= 0.6 is 15.9 Å². The van der Waals surface area contributed by atoms with Gasteiger partial charge in [0.05, 0.1) is 0 Å². The van der Waals surface area contributed by atoms with Gasteiger partial charge in [0, 0.05) is 10.5 Å². The fraction of sp³-hybridized carbons (Fsp3) is 0.625. The molecular weight excluding hydrogens is 300 g/mol. The van der Waals surface area contributed by atoms with Gasteiger partial charge in [0.1, 0.15) is 0 Å². The fourth-order valence-electron chi connectivity index (χ4n) is 3.07. The zero-order valence-electron chi connectivity index (χ0n) is 12.2. The average molecular weight is 325 g/mol. The van der Waals surface area contributed by atoms with Gasteiger partial charge in [0.15, 0.2) is 0 Å². The van der Waals surface area contributed by atoms with Crippen LogP contribution in [0.15, 0.2) is 22.7 Å².